The maximum absolute atomic E-state index is 14.7. The molecule has 9 nitrogen and oxygen atoms in total. The zero-order valence-electron chi connectivity index (χ0n) is 21.1. The van der Waals surface area contributed by atoms with Crippen molar-refractivity contribution in [1.29, 1.82) is 0 Å². The van der Waals surface area contributed by atoms with Crippen molar-refractivity contribution < 1.29 is 26.7 Å². The third-order valence-electron chi connectivity index (χ3n) is 8.00. The molecular formula is C28H23F2N5O4S. The summed E-state index contributed by atoms with van der Waals surface area (Å²) in [6.07, 6.45) is 6.43. The van der Waals surface area contributed by atoms with Crippen molar-refractivity contribution in [2.75, 3.05) is 6.61 Å². The summed E-state index contributed by atoms with van der Waals surface area (Å²) < 4.78 is 58.9. The number of fused-ring (bicyclic) bond motifs is 2. The predicted octanol–water partition coefficient (Wildman–Crippen LogP) is 4.06. The summed E-state index contributed by atoms with van der Waals surface area (Å²) in [6, 6.07) is 9.15. The normalized spacial score (nSPS) is 24.1. The maximum atomic E-state index is 14.7. The molecule has 4 aliphatic rings. The number of carbonyl (C=O) groups is 1. The average molecular weight is 564 g/mol. The third-order valence-corrected chi connectivity index (χ3v) is 9.82. The number of rotatable bonds is 5. The van der Waals surface area contributed by atoms with E-state index in [0.29, 0.717) is 16.9 Å². The molecule has 12 heteroatoms. The van der Waals surface area contributed by atoms with Gasteiger partial charge in [-0.05, 0) is 61.6 Å². The van der Waals surface area contributed by atoms with Crippen molar-refractivity contribution in [3.8, 4) is 17.1 Å². The summed E-state index contributed by atoms with van der Waals surface area (Å²) in [6.45, 7) is -0.325. The minimum Gasteiger partial charge on any atom is -0.489 e. The number of amides is 1. The minimum absolute atomic E-state index is 0.0320. The van der Waals surface area contributed by atoms with Gasteiger partial charge in [0.05, 0.1) is 35.8 Å². The number of hydrogen-bond acceptors (Lipinski definition) is 8. The Morgan fingerprint density at radius 2 is 1.88 bits per heavy atom. The van der Waals surface area contributed by atoms with E-state index in [4.69, 9.17) is 14.7 Å². The molecule has 2 bridgehead atoms. The van der Waals surface area contributed by atoms with Crippen molar-refractivity contribution in [3.05, 3.63) is 71.7 Å². The molecule has 4 aromatic rings. The van der Waals surface area contributed by atoms with Gasteiger partial charge in [0, 0.05) is 35.2 Å². The third kappa shape index (κ3) is 4.00. The Morgan fingerprint density at radius 3 is 2.65 bits per heavy atom. The highest BCUT2D eigenvalue weighted by molar-refractivity contribution is 7.92. The van der Waals surface area contributed by atoms with Crippen LogP contribution in [-0.2, 0) is 21.8 Å². The summed E-state index contributed by atoms with van der Waals surface area (Å²) in [5.74, 6) is -0.680. The number of sulfone groups is 1. The first-order valence-electron chi connectivity index (χ1n) is 12.9. The molecule has 1 atom stereocenters. The van der Waals surface area contributed by atoms with E-state index < -0.39 is 44.1 Å². The topological polar surface area (TPSA) is 124 Å². The molecule has 8 rings (SSSR count). The number of carbonyl (C=O) groups excluding carboxylic acids is 1. The molecule has 3 fully saturated rings. The molecule has 3 saturated carbocycles. The Hall–Kier alpha value is -4.06. The number of halogens is 2. The molecule has 1 aromatic carbocycles. The van der Waals surface area contributed by atoms with Gasteiger partial charge in [0.25, 0.3) is 5.91 Å². The molecule has 0 saturated heterocycles. The average Bonchev–Trinajstić information content (AvgIpc) is 3.01. The minimum atomic E-state index is -4.50. The predicted molar refractivity (Wildman–Crippen MR) is 139 cm³/mol. The molecule has 204 valence electrons. The van der Waals surface area contributed by atoms with Crippen LogP contribution in [0.25, 0.3) is 22.3 Å². The molecule has 3 aromatic heterocycles. The summed E-state index contributed by atoms with van der Waals surface area (Å²) in [4.78, 5) is 30.6. The van der Waals surface area contributed by atoms with Gasteiger partial charge < -0.3 is 10.1 Å². The van der Waals surface area contributed by atoms with Crippen LogP contribution in [0.2, 0.25) is 0 Å². The Balaban J connectivity index is 1.12. The second-order valence-electron chi connectivity index (χ2n) is 10.6. The lowest BCUT2D eigenvalue weighted by Gasteiger charge is -2.60. The highest BCUT2D eigenvalue weighted by atomic mass is 32.2. The molecule has 0 radical (unpaired) electrons. The van der Waals surface area contributed by atoms with E-state index in [9.17, 15) is 22.0 Å². The first kappa shape index (κ1) is 24.9. The molecule has 1 amide bonds. The van der Waals surface area contributed by atoms with Crippen molar-refractivity contribution >= 4 is 26.6 Å². The number of alkyl halides is 1. The maximum Gasteiger partial charge on any atom is 0.251 e. The van der Waals surface area contributed by atoms with Crippen LogP contribution < -0.4 is 10.1 Å². The number of ether oxygens (including phenoxy) is 1. The molecular weight excluding hydrogens is 540 g/mol. The fraction of sp³-hybridized carbons (Fsp3) is 0.321. The molecule has 0 unspecified atom stereocenters. The number of pyridine rings is 2. The van der Waals surface area contributed by atoms with Crippen LogP contribution in [0.4, 0.5) is 8.78 Å². The molecule has 1 aliphatic heterocycles. The highest BCUT2D eigenvalue weighted by Gasteiger charge is 2.59. The second kappa shape index (κ2) is 8.98. The monoisotopic (exact) mass is 563 g/mol. The van der Waals surface area contributed by atoms with Gasteiger partial charge in [-0.3, -0.25) is 9.78 Å². The first-order valence-corrected chi connectivity index (χ1v) is 14.5. The molecule has 4 heterocycles. The van der Waals surface area contributed by atoms with Crippen LogP contribution in [0.3, 0.4) is 0 Å². The second-order valence-corrected chi connectivity index (χ2v) is 12.7. The van der Waals surface area contributed by atoms with Crippen LogP contribution in [-0.4, -0.2) is 46.4 Å². The number of aromatic nitrogens is 4. The smallest absolute Gasteiger partial charge is 0.251 e. The quantitative estimate of drug-likeness (QED) is 0.386. The Labute approximate surface area is 228 Å². The number of benzene rings is 1. The Bertz CT molecular complexity index is 1800. The zero-order chi connectivity index (χ0) is 27.6. The van der Waals surface area contributed by atoms with E-state index in [2.05, 4.69) is 15.3 Å². The van der Waals surface area contributed by atoms with E-state index in [1.807, 2.05) is 18.2 Å². The highest BCUT2D eigenvalue weighted by Crippen LogP contribution is 2.64. The van der Waals surface area contributed by atoms with Crippen LogP contribution in [0, 0.1) is 11.7 Å². The summed E-state index contributed by atoms with van der Waals surface area (Å²) in [5.41, 5.74) is 0.179. The number of nitrogens with one attached hydrogen (secondary N) is 1. The zero-order valence-corrected chi connectivity index (χ0v) is 21.9. The summed E-state index contributed by atoms with van der Waals surface area (Å²) >= 11 is 0. The number of nitrogens with zero attached hydrogens (tertiary/aromatic N) is 4. The van der Waals surface area contributed by atoms with Crippen LogP contribution in [0.1, 0.15) is 47.6 Å². The lowest BCUT2D eigenvalue weighted by molar-refractivity contribution is -0.0345. The van der Waals surface area contributed by atoms with Crippen LogP contribution >= 0.6 is 0 Å². The van der Waals surface area contributed by atoms with Gasteiger partial charge in [-0.25, -0.2) is 32.2 Å². The van der Waals surface area contributed by atoms with Crippen molar-refractivity contribution in [2.45, 2.75) is 48.0 Å². The fourth-order valence-electron chi connectivity index (χ4n) is 5.68. The molecule has 40 heavy (non-hydrogen) atoms. The lowest BCUT2D eigenvalue weighted by Crippen LogP contribution is -2.56. The van der Waals surface area contributed by atoms with E-state index in [1.165, 1.54) is 0 Å². The van der Waals surface area contributed by atoms with Crippen molar-refractivity contribution in [3.63, 3.8) is 0 Å². The van der Waals surface area contributed by atoms with Gasteiger partial charge in [0.2, 0.25) is 15.3 Å². The summed E-state index contributed by atoms with van der Waals surface area (Å²) in [5, 5.41) is 3.41. The molecule has 0 spiro atoms. The number of hydrogen-bond donors (Lipinski definition) is 1. The first-order chi connectivity index (χ1) is 19.2. The Kier molecular flexibility index (Phi) is 5.60. The van der Waals surface area contributed by atoms with E-state index in [0.717, 1.165) is 54.2 Å². The Morgan fingerprint density at radius 1 is 1.07 bits per heavy atom. The van der Waals surface area contributed by atoms with Crippen molar-refractivity contribution in [2.24, 2.45) is 5.92 Å². The van der Waals surface area contributed by atoms with Gasteiger partial charge >= 0.3 is 0 Å². The van der Waals surface area contributed by atoms with Crippen LogP contribution in [0.5, 0.6) is 5.75 Å². The van der Waals surface area contributed by atoms with Gasteiger partial charge in [0.1, 0.15) is 10.7 Å². The van der Waals surface area contributed by atoms with Gasteiger partial charge in [-0.1, -0.05) is 0 Å². The van der Waals surface area contributed by atoms with E-state index in [-0.39, 0.29) is 24.1 Å². The largest absolute Gasteiger partial charge is 0.489 e. The van der Waals surface area contributed by atoms with Gasteiger partial charge in [0.15, 0.2) is 11.6 Å². The van der Waals surface area contributed by atoms with E-state index >= 15 is 0 Å². The standard InChI is InChI=1S/C28H23F2N5O4S/c29-19-7-17(8-23-25(19)39-6-4-24(30)40(23,37)38)26(36)33-14-18-9-22-16(13-32-18)1-2-20(34-22)21-3-5-31-27(35-21)28-10-15(11-28)12-28/h1-3,5,7-9,13,15,24H,4,6,10-12,14H2,(H,33,36)/t15?,24-,28?/m1/s1. The van der Waals surface area contributed by atoms with Gasteiger partial charge in [-0.15, -0.1) is 0 Å². The summed E-state index contributed by atoms with van der Waals surface area (Å²) in [7, 11) is -4.50. The molecule has 1 N–H and O–H groups in total. The van der Waals surface area contributed by atoms with Gasteiger partial charge in [-0.2, -0.15) is 0 Å². The fourth-order valence-corrected chi connectivity index (χ4v) is 7.06. The molecule has 3 aliphatic carbocycles. The lowest BCUT2D eigenvalue weighted by atomic mass is 9.44. The van der Waals surface area contributed by atoms with Crippen molar-refractivity contribution in [1.82, 2.24) is 25.3 Å². The van der Waals surface area contributed by atoms with Crippen LogP contribution in [0.15, 0.2) is 53.7 Å². The SMILES string of the molecule is O=C(NCc1cc2nc(-c3ccnc(C45CC(C4)C5)n3)ccc2cn1)c1cc(F)c2c(c1)S(=O)(=O)[C@@H](F)CCO2. The van der Waals surface area contributed by atoms with E-state index in [1.54, 1.807) is 18.5 Å².